The van der Waals surface area contributed by atoms with Gasteiger partial charge in [0.1, 0.15) is 29.0 Å². The summed E-state index contributed by atoms with van der Waals surface area (Å²) in [5, 5.41) is 0.341. The van der Waals surface area contributed by atoms with E-state index in [0.717, 1.165) is 37.0 Å². The van der Waals surface area contributed by atoms with E-state index in [9.17, 15) is 14.4 Å². The van der Waals surface area contributed by atoms with Crippen LogP contribution < -0.4 is 5.56 Å². The Labute approximate surface area is 166 Å². The minimum atomic E-state index is -0.551. The minimum absolute atomic E-state index is 0.0580. The Kier molecular flexibility index (Phi) is 6.79. The molecular formula is C19H24N2O6S. The van der Waals surface area contributed by atoms with Crippen LogP contribution in [0.4, 0.5) is 0 Å². The highest BCUT2D eigenvalue weighted by Gasteiger charge is 2.24. The predicted octanol–water partition coefficient (Wildman–Crippen LogP) is 2.45. The van der Waals surface area contributed by atoms with Crippen LogP contribution in [0.1, 0.15) is 47.3 Å². The van der Waals surface area contributed by atoms with Crippen LogP contribution in [0.3, 0.4) is 0 Å². The van der Waals surface area contributed by atoms with Gasteiger partial charge in [0.25, 0.3) is 5.56 Å². The maximum atomic E-state index is 12.8. The third-order valence-electron chi connectivity index (χ3n) is 4.78. The lowest BCUT2D eigenvalue weighted by Crippen LogP contribution is -2.26. The second kappa shape index (κ2) is 9.29. The first-order chi connectivity index (χ1) is 13.5. The van der Waals surface area contributed by atoms with Crippen LogP contribution in [-0.2, 0) is 25.5 Å². The van der Waals surface area contributed by atoms with Gasteiger partial charge >= 0.3 is 11.9 Å². The molecule has 1 aliphatic carbocycles. The van der Waals surface area contributed by atoms with Crippen LogP contribution in [-0.4, -0.2) is 47.9 Å². The largest absolute Gasteiger partial charge is 0.462 e. The molecule has 0 aromatic carbocycles. The molecule has 28 heavy (non-hydrogen) atoms. The van der Waals surface area contributed by atoms with Crippen molar-refractivity contribution in [3.8, 4) is 0 Å². The summed E-state index contributed by atoms with van der Waals surface area (Å²) in [5.74, 6) is -0.956. The maximum absolute atomic E-state index is 12.8. The maximum Gasteiger partial charge on any atom is 0.348 e. The summed E-state index contributed by atoms with van der Waals surface area (Å²) in [7, 11) is 1.51. The van der Waals surface area contributed by atoms with E-state index in [4.69, 9.17) is 14.2 Å². The van der Waals surface area contributed by atoms with Crippen LogP contribution in [0, 0.1) is 6.92 Å². The van der Waals surface area contributed by atoms with Gasteiger partial charge in [0.2, 0.25) is 0 Å². The number of carbonyl (C=O) groups is 2. The average molecular weight is 408 g/mol. The molecule has 1 saturated carbocycles. The predicted molar refractivity (Wildman–Crippen MR) is 104 cm³/mol. The fraction of sp³-hybridized carbons (Fsp3) is 0.579. The van der Waals surface area contributed by atoms with Gasteiger partial charge in [-0.05, 0) is 38.2 Å². The lowest BCUT2D eigenvalue weighted by atomic mass is 9.98. The number of hydrogen-bond donors (Lipinski definition) is 0. The average Bonchev–Trinajstić information content (AvgIpc) is 3.02. The van der Waals surface area contributed by atoms with Crippen LogP contribution in [0.5, 0.6) is 0 Å². The monoisotopic (exact) mass is 408 g/mol. The second-order valence-corrected chi connectivity index (χ2v) is 7.79. The van der Waals surface area contributed by atoms with Crippen molar-refractivity contribution in [1.82, 2.24) is 9.55 Å². The zero-order valence-electron chi connectivity index (χ0n) is 16.1. The Balaban J connectivity index is 1.79. The van der Waals surface area contributed by atoms with Crippen molar-refractivity contribution in [1.29, 1.82) is 0 Å². The van der Waals surface area contributed by atoms with Gasteiger partial charge in [-0.1, -0.05) is 6.42 Å². The van der Waals surface area contributed by atoms with Gasteiger partial charge in [-0.2, -0.15) is 0 Å². The molecule has 0 amide bonds. The van der Waals surface area contributed by atoms with Crippen LogP contribution in [0.2, 0.25) is 0 Å². The molecule has 0 bridgehead atoms. The van der Waals surface area contributed by atoms with Gasteiger partial charge in [0, 0.05) is 7.11 Å². The lowest BCUT2D eigenvalue weighted by molar-refractivity contribution is -0.145. The number of hydrogen-bond acceptors (Lipinski definition) is 8. The number of aryl methyl sites for hydroxylation is 1. The molecule has 0 atom stereocenters. The fourth-order valence-corrected chi connectivity index (χ4v) is 4.30. The number of esters is 2. The molecule has 0 radical (unpaired) electrons. The van der Waals surface area contributed by atoms with Gasteiger partial charge in [0.15, 0.2) is 0 Å². The Morgan fingerprint density at radius 1 is 1.25 bits per heavy atom. The SMILES string of the molecule is COCCOC(=O)Cn1cnc2sc(C(=O)OC3CCCCC3)c(C)c2c1=O. The standard InChI is InChI=1S/C19H24N2O6S/c1-12-15-17(28-16(12)19(24)27-13-6-4-3-5-7-13)20-11-21(18(15)23)10-14(22)26-9-8-25-2/h11,13H,3-10H2,1-2H3. The number of carbonyl (C=O) groups excluding carboxylic acids is 2. The van der Waals surface area contributed by atoms with E-state index in [0.29, 0.717) is 20.7 Å². The molecule has 152 valence electrons. The number of methoxy groups -OCH3 is 1. The first-order valence-electron chi connectivity index (χ1n) is 9.35. The van der Waals surface area contributed by atoms with Crippen molar-refractivity contribution in [3.05, 3.63) is 27.1 Å². The number of ether oxygens (including phenoxy) is 3. The Bertz CT molecular complexity index is 913. The summed E-state index contributed by atoms with van der Waals surface area (Å²) in [5.41, 5.74) is 0.166. The van der Waals surface area contributed by atoms with E-state index in [1.807, 2.05) is 0 Å². The number of fused-ring (bicyclic) bond motifs is 1. The van der Waals surface area contributed by atoms with Crippen molar-refractivity contribution in [2.45, 2.75) is 51.7 Å². The molecule has 0 aliphatic heterocycles. The second-order valence-electron chi connectivity index (χ2n) is 6.79. The first kappa shape index (κ1) is 20.5. The molecule has 0 unspecified atom stereocenters. The molecule has 1 aliphatic rings. The Hall–Kier alpha value is -2.26. The van der Waals surface area contributed by atoms with Crippen molar-refractivity contribution >= 4 is 33.5 Å². The smallest absolute Gasteiger partial charge is 0.348 e. The molecule has 2 heterocycles. The number of aromatic nitrogens is 2. The molecule has 2 aromatic heterocycles. The summed E-state index contributed by atoms with van der Waals surface area (Å²) in [4.78, 5) is 42.3. The first-order valence-corrected chi connectivity index (χ1v) is 10.2. The minimum Gasteiger partial charge on any atom is -0.462 e. The Morgan fingerprint density at radius 2 is 2.00 bits per heavy atom. The van der Waals surface area contributed by atoms with Crippen molar-refractivity contribution in [3.63, 3.8) is 0 Å². The number of thiophene rings is 1. The van der Waals surface area contributed by atoms with Gasteiger partial charge in [0.05, 0.1) is 18.3 Å². The highest BCUT2D eigenvalue weighted by molar-refractivity contribution is 7.20. The highest BCUT2D eigenvalue weighted by Crippen LogP contribution is 2.29. The molecule has 1 fully saturated rings. The van der Waals surface area contributed by atoms with Crippen molar-refractivity contribution in [2.24, 2.45) is 0 Å². The molecule has 0 saturated heterocycles. The molecule has 3 rings (SSSR count). The topological polar surface area (TPSA) is 96.7 Å². The van der Waals surface area contributed by atoms with Gasteiger partial charge in [-0.15, -0.1) is 11.3 Å². The summed E-state index contributed by atoms with van der Waals surface area (Å²) in [6.07, 6.45) is 6.31. The molecular weight excluding hydrogens is 384 g/mol. The third-order valence-corrected chi connectivity index (χ3v) is 5.96. The summed E-state index contributed by atoms with van der Waals surface area (Å²) < 4.78 is 16.6. The van der Waals surface area contributed by atoms with Crippen molar-refractivity contribution < 1.29 is 23.8 Å². The van der Waals surface area contributed by atoms with E-state index >= 15 is 0 Å². The molecule has 0 spiro atoms. The van der Waals surface area contributed by atoms with Gasteiger partial charge in [-0.3, -0.25) is 14.2 Å². The van der Waals surface area contributed by atoms with E-state index in [2.05, 4.69) is 4.98 Å². The van der Waals surface area contributed by atoms with Gasteiger partial charge in [-0.25, -0.2) is 9.78 Å². The van der Waals surface area contributed by atoms with E-state index in [1.54, 1.807) is 6.92 Å². The van der Waals surface area contributed by atoms with Crippen LogP contribution >= 0.6 is 11.3 Å². The molecule has 9 heteroatoms. The lowest BCUT2D eigenvalue weighted by Gasteiger charge is -2.21. The normalized spacial score (nSPS) is 14.9. The molecule has 0 N–H and O–H groups in total. The number of nitrogens with zero attached hydrogens (tertiary/aromatic N) is 2. The summed E-state index contributed by atoms with van der Waals surface area (Å²) >= 11 is 1.15. The van der Waals surface area contributed by atoms with Crippen molar-refractivity contribution in [2.75, 3.05) is 20.3 Å². The highest BCUT2D eigenvalue weighted by atomic mass is 32.1. The van der Waals surface area contributed by atoms with E-state index < -0.39 is 11.9 Å². The Morgan fingerprint density at radius 3 is 2.71 bits per heavy atom. The molecule has 2 aromatic rings. The van der Waals surface area contributed by atoms with Crippen LogP contribution in [0.25, 0.3) is 10.2 Å². The van der Waals surface area contributed by atoms with Gasteiger partial charge < -0.3 is 14.2 Å². The molecule has 8 nitrogen and oxygen atoms in total. The van der Waals surface area contributed by atoms with E-state index in [1.165, 1.54) is 24.4 Å². The summed E-state index contributed by atoms with van der Waals surface area (Å²) in [6, 6.07) is 0. The quantitative estimate of drug-likeness (QED) is 0.513. The number of rotatable bonds is 7. The third kappa shape index (κ3) is 4.59. The zero-order valence-corrected chi connectivity index (χ0v) is 16.9. The fourth-order valence-electron chi connectivity index (χ4n) is 3.28. The van der Waals surface area contributed by atoms with Crippen LogP contribution in [0.15, 0.2) is 11.1 Å². The summed E-state index contributed by atoms with van der Waals surface area (Å²) in [6.45, 7) is 1.87. The zero-order chi connectivity index (χ0) is 20.1. The van der Waals surface area contributed by atoms with E-state index in [-0.39, 0.29) is 31.4 Å².